The van der Waals surface area contributed by atoms with E-state index in [1.165, 1.54) is 11.1 Å². The first-order valence-electron chi connectivity index (χ1n) is 7.59. The Morgan fingerprint density at radius 2 is 2.33 bits per heavy atom. The van der Waals surface area contributed by atoms with Crippen molar-refractivity contribution in [2.45, 2.75) is 42.7 Å². The number of nitrogens with one attached hydrogen (secondary N) is 1. The maximum Gasteiger partial charge on any atom is 0.221 e. The molecule has 1 saturated carbocycles. The Labute approximate surface area is 123 Å². The predicted octanol–water partition coefficient (Wildman–Crippen LogP) is 2.16. The van der Waals surface area contributed by atoms with Crippen molar-refractivity contribution in [3.05, 3.63) is 29.3 Å². The molecule has 4 heteroatoms. The van der Waals surface area contributed by atoms with Gasteiger partial charge in [0.2, 0.25) is 5.91 Å². The molecule has 2 aliphatic heterocycles. The van der Waals surface area contributed by atoms with Crippen molar-refractivity contribution in [3.63, 3.8) is 0 Å². The first-order chi connectivity index (χ1) is 10.2. The average Bonchev–Trinajstić information content (AvgIpc) is 2.97. The van der Waals surface area contributed by atoms with E-state index in [0.29, 0.717) is 6.42 Å². The summed E-state index contributed by atoms with van der Waals surface area (Å²) >= 11 is 0. The molecule has 21 heavy (non-hydrogen) atoms. The first-order valence-corrected chi connectivity index (χ1v) is 7.59. The minimum Gasteiger partial charge on any atom is -0.493 e. The Balaban J connectivity index is 1.88. The molecule has 1 aromatic carbocycles. The molecule has 2 aliphatic carbocycles. The van der Waals surface area contributed by atoms with Crippen LogP contribution in [0.1, 0.15) is 36.8 Å². The second-order valence-corrected chi connectivity index (χ2v) is 6.56. The average molecular weight is 283 g/mol. The van der Waals surface area contributed by atoms with Gasteiger partial charge in [0.1, 0.15) is 6.10 Å². The summed E-state index contributed by atoms with van der Waals surface area (Å²) in [5, 5.41) is 3.26. The van der Waals surface area contributed by atoms with Crippen LogP contribution in [0, 0.1) is 0 Å². The standard InChI is InChI=1S/C17H17NO3/c1-20-11-5-4-10-6-8-16-7-2-3-12-17(16,9-13(19)18-16)14(10)15(11)21-12/h4-6,8,12H,2-3,7,9H2,1H3,(H,18,19)/t12-,16?,17+/m0/s1. The minimum atomic E-state index is -0.266. The fraction of sp³-hybridized carbons (Fsp3) is 0.471. The third-order valence-electron chi connectivity index (χ3n) is 5.81. The van der Waals surface area contributed by atoms with E-state index >= 15 is 0 Å². The van der Waals surface area contributed by atoms with Gasteiger partial charge in [0, 0.05) is 12.0 Å². The summed E-state index contributed by atoms with van der Waals surface area (Å²) in [5.74, 6) is 1.77. The van der Waals surface area contributed by atoms with Crippen LogP contribution in [0.4, 0.5) is 0 Å². The number of methoxy groups -OCH3 is 1. The van der Waals surface area contributed by atoms with Gasteiger partial charge in [0.15, 0.2) is 11.5 Å². The number of rotatable bonds is 1. The second-order valence-electron chi connectivity index (χ2n) is 6.56. The molecule has 4 nitrogen and oxygen atoms in total. The maximum atomic E-state index is 12.3. The molecule has 5 rings (SSSR count). The van der Waals surface area contributed by atoms with Crippen molar-refractivity contribution in [2.24, 2.45) is 0 Å². The van der Waals surface area contributed by atoms with E-state index in [2.05, 4.69) is 23.5 Å². The van der Waals surface area contributed by atoms with E-state index in [-0.39, 0.29) is 23.0 Å². The lowest BCUT2D eigenvalue weighted by Crippen LogP contribution is -2.61. The zero-order chi connectivity index (χ0) is 14.2. The highest BCUT2D eigenvalue weighted by molar-refractivity contribution is 5.88. The highest BCUT2D eigenvalue weighted by Gasteiger charge is 2.69. The second kappa shape index (κ2) is 3.43. The highest BCUT2D eigenvalue weighted by Crippen LogP contribution is 2.64. The molecule has 1 aromatic rings. The topological polar surface area (TPSA) is 47.6 Å². The Hall–Kier alpha value is -1.97. The maximum absolute atomic E-state index is 12.3. The number of carbonyl (C=O) groups is 1. The summed E-state index contributed by atoms with van der Waals surface area (Å²) in [4.78, 5) is 12.3. The van der Waals surface area contributed by atoms with Crippen molar-refractivity contribution >= 4 is 12.0 Å². The van der Waals surface area contributed by atoms with Crippen LogP contribution in [0.25, 0.3) is 6.08 Å². The third kappa shape index (κ3) is 1.10. The van der Waals surface area contributed by atoms with Gasteiger partial charge in [-0.05, 0) is 30.9 Å². The Morgan fingerprint density at radius 3 is 3.19 bits per heavy atom. The largest absolute Gasteiger partial charge is 0.493 e. The van der Waals surface area contributed by atoms with Crippen LogP contribution in [0.15, 0.2) is 18.2 Å². The molecule has 1 spiro atoms. The molecule has 1 amide bonds. The van der Waals surface area contributed by atoms with Gasteiger partial charge in [-0.25, -0.2) is 0 Å². The van der Waals surface area contributed by atoms with E-state index in [4.69, 9.17) is 9.47 Å². The van der Waals surface area contributed by atoms with Gasteiger partial charge in [0.05, 0.1) is 18.1 Å². The van der Waals surface area contributed by atoms with Crippen LogP contribution in [0.5, 0.6) is 11.5 Å². The van der Waals surface area contributed by atoms with E-state index in [1.807, 2.05) is 6.07 Å². The zero-order valence-electron chi connectivity index (χ0n) is 11.9. The van der Waals surface area contributed by atoms with Crippen LogP contribution in [-0.2, 0) is 10.2 Å². The minimum absolute atomic E-state index is 0.0696. The highest BCUT2D eigenvalue weighted by atomic mass is 16.5. The van der Waals surface area contributed by atoms with Crippen LogP contribution in [0.3, 0.4) is 0 Å². The van der Waals surface area contributed by atoms with Gasteiger partial charge in [0.25, 0.3) is 0 Å². The van der Waals surface area contributed by atoms with E-state index in [9.17, 15) is 4.79 Å². The molecule has 2 heterocycles. The zero-order valence-corrected chi connectivity index (χ0v) is 11.9. The Bertz CT molecular complexity index is 710. The monoisotopic (exact) mass is 283 g/mol. The molecule has 4 aliphatic rings. The molecule has 0 aromatic heterocycles. The van der Waals surface area contributed by atoms with Gasteiger partial charge >= 0.3 is 0 Å². The molecular formula is C17H17NO3. The number of hydrogen-bond donors (Lipinski definition) is 1. The number of hydrogen-bond acceptors (Lipinski definition) is 3. The van der Waals surface area contributed by atoms with Crippen LogP contribution >= 0.6 is 0 Å². The summed E-state index contributed by atoms with van der Waals surface area (Å²) in [6.45, 7) is 0. The molecule has 0 radical (unpaired) electrons. The van der Waals surface area contributed by atoms with Crippen LogP contribution in [0.2, 0.25) is 0 Å². The van der Waals surface area contributed by atoms with E-state index in [1.54, 1.807) is 7.11 Å². The first kappa shape index (κ1) is 11.7. The van der Waals surface area contributed by atoms with E-state index < -0.39 is 0 Å². The molecule has 1 unspecified atom stereocenters. The van der Waals surface area contributed by atoms with Crippen LogP contribution in [-0.4, -0.2) is 24.7 Å². The number of carbonyl (C=O) groups excluding carboxylic acids is 1. The lowest BCUT2D eigenvalue weighted by Gasteiger charge is -2.49. The summed E-state index contributed by atoms with van der Waals surface area (Å²) < 4.78 is 11.8. The van der Waals surface area contributed by atoms with Crippen molar-refractivity contribution in [3.8, 4) is 11.5 Å². The smallest absolute Gasteiger partial charge is 0.221 e. The number of ether oxygens (including phenoxy) is 2. The fourth-order valence-corrected chi connectivity index (χ4v) is 5.05. The summed E-state index contributed by atoms with van der Waals surface area (Å²) in [7, 11) is 1.67. The van der Waals surface area contributed by atoms with Crippen molar-refractivity contribution in [1.82, 2.24) is 5.32 Å². The number of amides is 1. The van der Waals surface area contributed by atoms with Crippen LogP contribution < -0.4 is 14.8 Å². The molecule has 2 fully saturated rings. The van der Waals surface area contributed by atoms with Crippen molar-refractivity contribution < 1.29 is 14.3 Å². The van der Waals surface area contributed by atoms with E-state index in [0.717, 1.165) is 30.8 Å². The fourth-order valence-electron chi connectivity index (χ4n) is 5.05. The lowest BCUT2D eigenvalue weighted by atomic mass is 9.55. The van der Waals surface area contributed by atoms with Crippen molar-refractivity contribution in [1.29, 1.82) is 0 Å². The lowest BCUT2D eigenvalue weighted by molar-refractivity contribution is -0.119. The molecule has 1 saturated heterocycles. The normalized spacial score (nSPS) is 37.6. The van der Waals surface area contributed by atoms with Crippen molar-refractivity contribution in [2.75, 3.05) is 7.11 Å². The molecule has 108 valence electrons. The Morgan fingerprint density at radius 1 is 1.43 bits per heavy atom. The molecule has 0 bridgehead atoms. The third-order valence-corrected chi connectivity index (χ3v) is 5.81. The van der Waals surface area contributed by atoms with Gasteiger partial charge < -0.3 is 14.8 Å². The summed E-state index contributed by atoms with van der Waals surface area (Å²) in [6.07, 6.45) is 8.00. The molecule has 3 atom stereocenters. The summed E-state index contributed by atoms with van der Waals surface area (Å²) in [6, 6.07) is 4.04. The van der Waals surface area contributed by atoms with Gasteiger partial charge in [-0.2, -0.15) is 0 Å². The van der Waals surface area contributed by atoms with Gasteiger partial charge in [-0.15, -0.1) is 0 Å². The van der Waals surface area contributed by atoms with Gasteiger partial charge in [-0.1, -0.05) is 18.2 Å². The van der Waals surface area contributed by atoms with Gasteiger partial charge in [-0.3, -0.25) is 4.79 Å². The predicted molar refractivity (Wildman–Crippen MR) is 77.5 cm³/mol. The summed E-state index contributed by atoms with van der Waals surface area (Å²) in [5.41, 5.74) is 1.85. The quantitative estimate of drug-likeness (QED) is 0.859. The molecular weight excluding hydrogens is 266 g/mol. The Kier molecular flexibility index (Phi) is 1.91. The number of benzene rings is 1. The molecule has 1 N–H and O–H groups in total. The SMILES string of the molecule is COc1ccc2c3c1O[C@H]1CCCC4(C=C2)NC(=O)C[C@]314.